The molecular formula is C20H26N4OS. The van der Waals surface area contributed by atoms with Gasteiger partial charge in [-0.05, 0) is 51.8 Å². The highest BCUT2D eigenvalue weighted by atomic mass is 32.1. The fourth-order valence-electron chi connectivity index (χ4n) is 4.04. The number of carbonyl (C=O) groups excluding carboxylic acids is 1. The van der Waals surface area contributed by atoms with E-state index >= 15 is 0 Å². The minimum absolute atomic E-state index is 0.0714. The lowest BCUT2D eigenvalue weighted by atomic mass is 10.0. The van der Waals surface area contributed by atoms with Crippen LogP contribution in [0.15, 0.2) is 24.3 Å². The second kappa shape index (κ2) is 7.84. The van der Waals surface area contributed by atoms with Crippen LogP contribution in [0.2, 0.25) is 0 Å². The average Bonchev–Trinajstić information content (AvgIpc) is 3.19. The SMILES string of the molecule is CC(=O)c1cccc(-c2nsc(N3CCC(N4CCCCC4)CC3)n2)c1. The van der Waals surface area contributed by atoms with Crippen LogP contribution in [0.4, 0.5) is 5.13 Å². The second-order valence-corrected chi connectivity index (χ2v) is 8.08. The highest BCUT2D eigenvalue weighted by Gasteiger charge is 2.27. The molecule has 2 aliphatic rings. The van der Waals surface area contributed by atoms with Crippen molar-refractivity contribution in [3.05, 3.63) is 29.8 Å². The summed E-state index contributed by atoms with van der Waals surface area (Å²) >= 11 is 1.47. The predicted molar refractivity (Wildman–Crippen MR) is 106 cm³/mol. The summed E-state index contributed by atoms with van der Waals surface area (Å²) in [6, 6.07) is 8.34. The van der Waals surface area contributed by atoms with Crippen LogP contribution in [-0.2, 0) is 0 Å². The van der Waals surface area contributed by atoms with Gasteiger partial charge in [0.25, 0.3) is 0 Å². The zero-order valence-electron chi connectivity index (χ0n) is 15.4. The van der Waals surface area contributed by atoms with Gasteiger partial charge in [-0.3, -0.25) is 4.79 Å². The third-order valence-corrected chi connectivity index (χ3v) is 6.36. The molecule has 1 aromatic carbocycles. The maximum Gasteiger partial charge on any atom is 0.205 e. The fourth-order valence-corrected chi connectivity index (χ4v) is 4.78. The third-order valence-electron chi connectivity index (χ3n) is 5.58. The van der Waals surface area contributed by atoms with E-state index in [1.54, 1.807) is 6.92 Å². The van der Waals surface area contributed by atoms with E-state index in [1.165, 1.54) is 56.7 Å². The number of piperidine rings is 2. The largest absolute Gasteiger partial charge is 0.347 e. The normalized spacial score (nSPS) is 19.7. The van der Waals surface area contributed by atoms with Crippen LogP contribution in [0.3, 0.4) is 0 Å². The molecule has 0 unspecified atom stereocenters. The standard InChI is InChI=1S/C20H26N4OS/c1-15(25)16-6-5-7-17(14-16)19-21-20(26-22-19)24-12-8-18(9-13-24)23-10-3-2-4-11-23/h5-7,14,18H,2-4,8-13H2,1H3. The Labute approximate surface area is 159 Å². The first-order valence-electron chi connectivity index (χ1n) is 9.65. The first-order chi connectivity index (χ1) is 12.7. The molecule has 0 N–H and O–H groups in total. The van der Waals surface area contributed by atoms with Crippen LogP contribution < -0.4 is 4.90 Å². The smallest absolute Gasteiger partial charge is 0.205 e. The lowest BCUT2D eigenvalue weighted by Crippen LogP contribution is -2.46. The van der Waals surface area contributed by atoms with Gasteiger partial charge in [0, 0.05) is 41.8 Å². The molecule has 2 aliphatic heterocycles. The Morgan fingerprint density at radius 2 is 1.88 bits per heavy atom. The molecule has 138 valence electrons. The molecule has 2 aromatic rings. The van der Waals surface area contributed by atoms with Gasteiger partial charge >= 0.3 is 0 Å². The molecule has 26 heavy (non-hydrogen) atoms. The van der Waals surface area contributed by atoms with E-state index in [4.69, 9.17) is 4.98 Å². The maximum atomic E-state index is 11.6. The topological polar surface area (TPSA) is 49.3 Å². The Hall–Kier alpha value is -1.79. The van der Waals surface area contributed by atoms with Gasteiger partial charge in [0.2, 0.25) is 5.13 Å². The van der Waals surface area contributed by atoms with Crippen molar-refractivity contribution < 1.29 is 4.79 Å². The van der Waals surface area contributed by atoms with E-state index in [-0.39, 0.29) is 5.78 Å². The van der Waals surface area contributed by atoms with Crippen molar-refractivity contribution in [3.8, 4) is 11.4 Å². The van der Waals surface area contributed by atoms with Crippen molar-refractivity contribution in [1.82, 2.24) is 14.3 Å². The van der Waals surface area contributed by atoms with E-state index in [0.29, 0.717) is 5.56 Å². The number of aromatic nitrogens is 2. The van der Waals surface area contributed by atoms with Gasteiger partial charge in [-0.25, -0.2) is 0 Å². The van der Waals surface area contributed by atoms with E-state index in [2.05, 4.69) is 14.2 Å². The van der Waals surface area contributed by atoms with Crippen LogP contribution in [0.5, 0.6) is 0 Å². The second-order valence-electron chi connectivity index (χ2n) is 7.35. The highest BCUT2D eigenvalue weighted by molar-refractivity contribution is 7.09. The first kappa shape index (κ1) is 17.6. The number of anilines is 1. The molecule has 0 bridgehead atoms. The van der Waals surface area contributed by atoms with Gasteiger partial charge in [-0.1, -0.05) is 24.6 Å². The van der Waals surface area contributed by atoms with E-state index < -0.39 is 0 Å². The summed E-state index contributed by atoms with van der Waals surface area (Å²) in [5, 5.41) is 1.00. The van der Waals surface area contributed by atoms with Crippen LogP contribution in [-0.4, -0.2) is 52.3 Å². The molecule has 0 saturated carbocycles. The minimum atomic E-state index is 0.0714. The van der Waals surface area contributed by atoms with Crippen LogP contribution in [0.1, 0.15) is 49.4 Å². The lowest BCUT2D eigenvalue weighted by Gasteiger charge is -2.40. The van der Waals surface area contributed by atoms with Crippen molar-refractivity contribution in [2.45, 2.75) is 45.1 Å². The summed E-state index contributed by atoms with van der Waals surface area (Å²) in [6.45, 7) is 6.26. The summed E-state index contributed by atoms with van der Waals surface area (Å²) in [5.41, 5.74) is 1.63. The Morgan fingerprint density at radius 3 is 2.62 bits per heavy atom. The number of benzene rings is 1. The van der Waals surface area contributed by atoms with Crippen LogP contribution in [0.25, 0.3) is 11.4 Å². The molecule has 0 aliphatic carbocycles. The van der Waals surface area contributed by atoms with Gasteiger partial charge in [0.15, 0.2) is 11.6 Å². The Balaban J connectivity index is 1.41. The number of nitrogens with zero attached hydrogens (tertiary/aromatic N) is 4. The van der Waals surface area contributed by atoms with Crippen molar-refractivity contribution in [1.29, 1.82) is 0 Å². The van der Waals surface area contributed by atoms with Crippen molar-refractivity contribution >= 4 is 22.4 Å². The van der Waals surface area contributed by atoms with Gasteiger partial charge in [0.05, 0.1) is 0 Å². The summed E-state index contributed by atoms with van der Waals surface area (Å²) in [5.74, 6) is 0.799. The minimum Gasteiger partial charge on any atom is -0.347 e. The lowest BCUT2D eigenvalue weighted by molar-refractivity contribution is 0.101. The molecule has 1 aromatic heterocycles. The quantitative estimate of drug-likeness (QED) is 0.765. The number of ketones is 1. The zero-order chi connectivity index (χ0) is 17.9. The third kappa shape index (κ3) is 3.81. The molecule has 0 radical (unpaired) electrons. The molecule has 0 amide bonds. The number of Topliss-reactive ketones (excluding diaryl/α,β-unsaturated/α-hetero) is 1. The molecule has 3 heterocycles. The molecule has 4 rings (SSSR count). The molecule has 2 fully saturated rings. The Morgan fingerprint density at radius 1 is 1.12 bits per heavy atom. The zero-order valence-corrected chi connectivity index (χ0v) is 16.2. The van der Waals surface area contributed by atoms with Crippen molar-refractivity contribution in [3.63, 3.8) is 0 Å². The number of hydrogen-bond donors (Lipinski definition) is 0. The monoisotopic (exact) mass is 370 g/mol. The Bertz CT molecular complexity index is 761. The maximum absolute atomic E-state index is 11.6. The fraction of sp³-hybridized carbons (Fsp3) is 0.550. The summed E-state index contributed by atoms with van der Waals surface area (Å²) < 4.78 is 4.54. The van der Waals surface area contributed by atoms with Gasteiger partial charge in [-0.15, -0.1) is 0 Å². The summed E-state index contributed by atoms with van der Waals surface area (Å²) in [4.78, 5) is 21.4. The molecule has 2 saturated heterocycles. The van der Waals surface area contributed by atoms with Crippen molar-refractivity contribution in [2.75, 3.05) is 31.1 Å². The molecule has 0 atom stereocenters. The molecule has 0 spiro atoms. The number of rotatable bonds is 4. The summed E-state index contributed by atoms with van der Waals surface area (Å²) in [6.07, 6.45) is 6.55. The van der Waals surface area contributed by atoms with Crippen molar-refractivity contribution in [2.24, 2.45) is 0 Å². The van der Waals surface area contributed by atoms with Crippen LogP contribution >= 0.6 is 11.5 Å². The number of hydrogen-bond acceptors (Lipinski definition) is 6. The Kier molecular flexibility index (Phi) is 5.31. The summed E-state index contributed by atoms with van der Waals surface area (Å²) in [7, 11) is 0. The van der Waals surface area contributed by atoms with E-state index in [0.717, 1.165) is 35.7 Å². The molecule has 6 heteroatoms. The van der Waals surface area contributed by atoms with E-state index in [9.17, 15) is 4.79 Å². The van der Waals surface area contributed by atoms with Crippen LogP contribution in [0, 0.1) is 0 Å². The number of carbonyl (C=O) groups is 1. The molecule has 5 nitrogen and oxygen atoms in total. The van der Waals surface area contributed by atoms with Gasteiger partial charge in [0.1, 0.15) is 0 Å². The number of likely N-dealkylation sites (tertiary alicyclic amines) is 1. The highest BCUT2D eigenvalue weighted by Crippen LogP contribution is 2.28. The van der Waals surface area contributed by atoms with Gasteiger partial charge < -0.3 is 9.80 Å². The molecular weight excluding hydrogens is 344 g/mol. The predicted octanol–water partition coefficient (Wildman–Crippen LogP) is 3.86. The first-order valence-corrected chi connectivity index (χ1v) is 10.4. The average molecular weight is 371 g/mol. The van der Waals surface area contributed by atoms with Gasteiger partial charge in [-0.2, -0.15) is 9.36 Å². The van der Waals surface area contributed by atoms with E-state index in [1.807, 2.05) is 24.3 Å².